The molecule has 2 aromatic heterocycles. The fraction of sp³-hybridized carbons (Fsp3) is 0.357. The van der Waals surface area contributed by atoms with Gasteiger partial charge in [-0.3, -0.25) is 4.99 Å². The normalized spacial score (nSPS) is 11.0. The van der Waals surface area contributed by atoms with Gasteiger partial charge in [0.15, 0.2) is 5.96 Å². The number of hydrogen-bond acceptors (Lipinski definition) is 3. The van der Waals surface area contributed by atoms with E-state index in [4.69, 9.17) is 4.42 Å². The molecule has 0 aromatic carbocycles. The first-order valence-electron chi connectivity index (χ1n) is 6.25. The fourth-order valence-corrected chi connectivity index (χ4v) is 2.53. The number of nitrogens with one attached hydrogen (secondary N) is 1. The van der Waals surface area contributed by atoms with Crippen molar-refractivity contribution < 1.29 is 4.42 Å². The van der Waals surface area contributed by atoms with Crippen molar-refractivity contribution in [2.24, 2.45) is 4.99 Å². The van der Waals surface area contributed by atoms with Crippen LogP contribution < -0.4 is 5.32 Å². The first kappa shape index (κ1) is 17.0. The number of halogens is 1. The summed E-state index contributed by atoms with van der Waals surface area (Å²) in [6.45, 7) is 1.68. The predicted molar refractivity (Wildman–Crippen MR) is 95.0 cm³/mol. The van der Waals surface area contributed by atoms with Crippen LogP contribution in [0.2, 0.25) is 0 Å². The summed E-state index contributed by atoms with van der Waals surface area (Å²) in [6, 6.07) is 6.03. The second kappa shape index (κ2) is 9.02. The number of nitrogens with zero attached hydrogens (tertiary/aromatic N) is 2. The summed E-state index contributed by atoms with van der Waals surface area (Å²) < 4.78 is 5.30. The molecule has 0 aliphatic heterocycles. The highest BCUT2D eigenvalue weighted by atomic mass is 127. The average Bonchev–Trinajstić information content (AvgIpc) is 3.07. The van der Waals surface area contributed by atoms with Gasteiger partial charge in [0.2, 0.25) is 0 Å². The largest absolute Gasteiger partial charge is 0.469 e. The molecule has 20 heavy (non-hydrogen) atoms. The first-order chi connectivity index (χ1) is 9.29. The number of guanidine groups is 1. The minimum absolute atomic E-state index is 0. The lowest BCUT2D eigenvalue weighted by Crippen LogP contribution is -2.39. The summed E-state index contributed by atoms with van der Waals surface area (Å²) in [4.78, 5) is 6.41. The molecule has 4 nitrogen and oxygen atoms in total. The number of hydrogen-bond donors (Lipinski definition) is 1. The lowest BCUT2D eigenvalue weighted by atomic mass is 10.3. The topological polar surface area (TPSA) is 40.8 Å². The highest BCUT2D eigenvalue weighted by Gasteiger charge is 2.06. The molecule has 2 aromatic rings. The molecule has 0 saturated heterocycles. The molecule has 0 atom stereocenters. The van der Waals surface area contributed by atoms with E-state index in [1.807, 2.05) is 19.2 Å². The Bertz CT molecular complexity index is 496. The van der Waals surface area contributed by atoms with Gasteiger partial charge in [-0.2, -0.15) is 11.3 Å². The van der Waals surface area contributed by atoms with E-state index in [2.05, 4.69) is 32.0 Å². The molecule has 1 N–H and O–H groups in total. The minimum Gasteiger partial charge on any atom is -0.469 e. The molecule has 0 radical (unpaired) electrons. The van der Waals surface area contributed by atoms with Crippen molar-refractivity contribution in [1.29, 1.82) is 0 Å². The van der Waals surface area contributed by atoms with E-state index >= 15 is 0 Å². The molecule has 0 spiro atoms. The van der Waals surface area contributed by atoms with Crippen LogP contribution in [0.3, 0.4) is 0 Å². The van der Waals surface area contributed by atoms with Gasteiger partial charge in [0, 0.05) is 33.6 Å². The SMILES string of the molecule is CN=C(NCCc1ccco1)N(C)Cc1ccsc1.I. The molecule has 6 heteroatoms. The van der Waals surface area contributed by atoms with Crippen molar-refractivity contribution in [2.75, 3.05) is 20.6 Å². The molecule has 0 amide bonds. The Morgan fingerprint density at radius 3 is 2.90 bits per heavy atom. The Balaban J connectivity index is 0.00000200. The quantitative estimate of drug-likeness (QED) is 0.472. The zero-order chi connectivity index (χ0) is 13.5. The molecule has 0 unspecified atom stereocenters. The monoisotopic (exact) mass is 405 g/mol. The smallest absolute Gasteiger partial charge is 0.193 e. The average molecular weight is 405 g/mol. The maximum absolute atomic E-state index is 5.30. The highest BCUT2D eigenvalue weighted by molar-refractivity contribution is 14.0. The van der Waals surface area contributed by atoms with Crippen LogP contribution in [-0.4, -0.2) is 31.5 Å². The van der Waals surface area contributed by atoms with Gasteiger partial charge in [0.1, 0.15) is 5.76 Å². The second-order valence-corrected chi connectivity index (χ2v) is 5.07. The molecular weight excluding hydrogens is 385 g/mol. The Kier molecular flexibility index (Phi) is 7.68. The molecule has 0 bridgehead atoms. The number of thiophene rings is 1. The van der Waals surface area contributed by atoms with Crippen molar-refractivity contribution in [3.63, 3.8) is 0 Å². The van der Waals surface area contributed by atoms with Gasteiger partial charge in [-0.15, -0.1) is 24.0 Å². The standard InChI is InChI=1S/C14H19N3OS.HI/c1-15-14(16-7-5-13-4-3-8-18-13)17(2)10-12-6-9-19-11-12;/h3-4,6,8-9,11H,5,7,10H2,1-2H3,(H,15,16);1H. The van der Waals surface area contributed by atoms with E-state index in [0.717, 1.165) is 31.2 Å². The Labute approximate surface area is 140 Å². The van der Waals surface area contributed by atoms with Crippen LogP contribution in [0.25, 0.3) is 0 Å². The van der Waals surface area contributed by atoms with Crippen molar-refractivity contribution >= 4 is 41.3 Å². The molecule has 0 fully saturated rings. The van der Waals surface area contributed by atoms with Crippen LogP contribution in [0.4, 0.5) is 0 Å². The van der Waals surface area contributed by atoms with Crippen LogP contribution >= 0.6 is 35.3 Å². The van der Waals surface area contributed by atoms with Crippen molar-refractivity contribution in [1.82, 2.24) is 10.2 Å². The minimum atomic E-state index is 0. The van der Waals surface area contributed by atoms with Gasteiger partial charge >= 0.3 is 0 Å². The van der Waals surface area contributed by atoms with E-state index in [0.29, 0.717) is 0 Å². The zero-order valence-corrected chi connectivity index (χ0v) is 14.9. The number of furan rings is 1. The van der Waals surface area contributed by atoms with Crippen molar-refractivity contribution in [3.05, 3.63) is 46.5 Å². The third-order valence-electron chi connectivity index (χ3n) is 2.81. The number of aliphatic imine (C=N–C) groups is 1. The molecule has 0 aliphatic rings. The van der Waals surface area contributed by atoms with E-state index in [9.17, 15) is 0 Å². The third kappa shape index (κ3) is 5.16. The lowest BCUT2D eigenvalue weighted by Gasteiger charge is -2.21. The summed E-state index contributed by atoms with van der Waals surface area (Å²) in [5, 5.41) is 7.59. The maximum atomic E-state index is 5.30. The molecule has 2 rings (SSSR count). The Morgan fingerprint density at radius 2 is 2.30 bits per heavy atom. The summed E-state index contributed by atoms with van der Waals surface area (Å²) >= 11 is 1.72. The summed E-state index contributed by atoms with van der Waals surface area (Å²) in [5.74, 6) is 1.89. The van der Waals surface area contributed by atoms with Crippen LogP contribution in [0.5, 0.6) is 0 Å². The van der Waals surface area contributed by atoms with Crippen LogP contribution in [-0.2, 0) is 13.0 Å². The van der Waals surface area contributed by atoms with Crippen molar-refractivity contribution in [2.45, 2.75) is 13.0 Å². The van der Waals surface area contributed by atoms with Crippen LogP contribution in [0, 0.1) is 0 Å². The second-order valence-electron chi connectivity index (χ2n) is 4.29. The first-order valence-corrected chi connectivity index (χ1v) is 7.19. The predicted octanol–water partition coefficient (Wildman–Crippen LogP) is 3.21. The van der Waals surface area contributed by atoms with Crippen LogP contribution in [0.15, 0.2) is 44.6 Å². The van der Waals surface area contributed by atoms with E-state index < -0.39 is 0 Å². The van der Waals surface area contributed by atoms with Crippen molar-refractivity contribution in [3.8, 4) is 0 Å². The zero-order valence-electron chi connectivity index (χ0n) is 11.7. The van der Waals surface area contributed by atoms with Gasteiger partial charge in [0.05, 0.1) is 6.26 Å². The molecule has 2 heterocycles. The molecule has 0 aliphatic carbocycles. The van der Waals surface area contributed by atoms with E-state index in [1.54, 1.807) is 24.6 Å². The Morgan fingerprint density at radius 1 is 1.45 bits per heavy atom. The van der Waals surface area contributed by atoms with Gasteiger partial charge < -0.3 is 14.6 Å². The summed E-state index contributed by atoms with van der Waals surface area (Å²) in [7, 11) is 3.85. The van der Waals surface area contributed by atoms with Gasteiger partial charge in [0.25, 0.3) is 0 Å². The maximum Gasteiger partial charge on any atom is 0.193 e. The van der Waals surface area contributed by atoms with Crippen LogP contribution in [0.1, 0.15) is 11.3 Å². The fourth-order valence-electron chi connectivity index (χ4n) is 1.87. The lowest BCUT2D eigenvalue weighted by molar-refractivity contribution is 0.470. The molecular formula is C14H20IN3OS. The third-order valence-corrected chi connectivity index (χ3v) is 3.54. The molecule has 110 valence electrons. The Hall–Kier alpha value is -1.02. The number of rotatable bonds is 5. The summed E-state index contributed by atoms with van der Waals surface area (Å²) in [6.07, 6.45) is 2.56. The van der Waals surface area contributed by atoms with Gasteiger partial charge in [-0.1, -0.05) is 0 Å². The van der Waals surface area contributed by atoms with E-state index in [-0.39, 0.29) is 24.0 Å². The van der Waals surface area contributed by atoms with Gasteiger partial charge in [-0.05, 0) is 34.5 Å². The molecule has 0 saturated carbocycles. The summed E-state index contributed by atoms with van der Waals surface area (Å²) in [5.41, 5.74) is 1.31. The highest BCUT2D eigenvalue weighted by Crippen LogP contribution is 2.08. The van der Waals surface area contributed by atoms with Gasteiger partial charge in [-0.25, -0.2) is 0 Å². The van der Waals surface area contributed by atoms with E-state index in [1.165, 1.54) is 5.56 Å².